The van der Waals surface area contributed by atoms with Crippen molar-refractivity contribution in [2.45, 2.75) is 30.4 Å². The third-order valence-electron chi connectivity index (χ3n) is 3.89. The zero-order chi connectivity index (χ0) is 17.7. The van der Waals surface area contributed by atoms with Gasteiger partial charge in [-0.25, -0.2) is 18.1 Å². The second kappa shape index (κ2) is 8.11. The molecule has 0 aliphatic carbocycles. The molecule has 7 nitrogen and oxygen atoms in total. The number of rotatable bonds is 7. The summed E-state index contributed by atoms with van der Waals surface area (Å²) in [6, 6.07) is 5.11. The minimum atomic E-state index is -3.46. The number of nitrogens with one attached hydrogen (secondary N) is 1. The van der Waals surface area contributed by atoms with E-state index < -0.39 is 10.0 Å². The fourth-order valence-electron chi connectivity index (χ4n) is 2.70. The van der Waals surface area contributed by atoms with Crippen molar-refractivity contribution in [2.24, 2.45) is 0 Å². The average molecular weight is 383 g/mol. The van der Waals surface area contributed by atoms with Gasteiger partial charge in [-0.15, -0.1) is 11.3 Å². The molecule has 9 heteroatoms. The van der Waals surface area contributed by atoms with Crippen molar-refractivity contribution >= 4 is 27.2 Å². The lowest BCUT2D eigenvalue weighted by atomic mass is 10.1. The van der Waals surface area contributed by atoms with E-state index in [0.29, 0.717) is 15.9 Å². The molecule has 3 heterocycles. The third kappa shape index (κ3) is 4.90. The molecule has 1 saturated heterocycles. The van der Waals surface area contributed by atoms with Gasteiger partial charge in [0.15, 0.2) is 0 Å². The van der Waals surface area contributed by atoms with Crippen LogP contribution in [0.3, 0.4) is 0 Å². The van der Waals surface area contributed by atoms with E-state index in [9.17, 15) is 8.42 Å². The molecular weight excluding hydrogens is 360 g/mol. The predicted molar refractivity (Wildman–Crippen MR) is 97.8 cm³/mol. The van der Waals surface area contributed by atoms with Gasteiger partial charge in [0, 0.05) is 25.7 Å². The molecule has 3 rings (SSSR count). The van der Waals surface area contributed by atoms with E-state index in [-0.39, 0.29) is 13.2 Å². The first-order valence-corrected chi connectivity index (χ1v) is 10.7. The molecule has 0 unspecified atom stereocenters. The molecule has 0 atom stereocenters. The summed E-state index contributed by atoms with van der Waals surface area (Å²) in [6.07, 6.45) is 3.60. The molecule has 1 aliphatic rings. The Balaban J connectivity index is 1.55. The van der Waals surface area contributed by atoms with Crippen LogP contribution in [0.25, 0.3) is 0 Å². The van der Waals surface area contributed by atoms with Gasteiger partial charge >= 0.3 is 0 Å². The second-order valence-electron chi connectivity index (χ2n) is 5.84. The quantitative estimate of drug-likeness (QED) is 0.739. The van der Waals surface area contributed by atoms with Crippen molar-refractivity contribution < 1.29 is 13.2 Å². The molecule has 136 valence electrons. The summed E-state index contributed by atoms with van der Waals surface area (Å²) in [6.45, 7) is 4.22. The normalized spacial score (nSPS) is 15.3. The van der Waals surface area contributed by atoms with E-state index in [1.807, 2.05) is 13.0 Å². The lowest BCUT2D eigenvalue weighted by molar-refractivity contribution is 0.309. The van der Waals surface area contributed by atoms with Crippen LogP contribution >= 0.6 is 11.3 Å². The maximum absolute atomic E-state index is 12.0. The summed E-state index contributed by atoms with van der Waals surface area (Å²) in [5.41, 5.74) is 0. The van der Waals surface area contributed by atoms with E-state index in [4.69, 9.17) is 4.74 Å². The SMILES string of the molecule is Cc1nc(OCCNS(=O)(=O)c2cccs2)cc(N2CCCCC2)n1. The van der Waals surface area contributed by atoms with Crippen LogP contribution in [-0.4, -0.2) is 44.6 Å². The summed E-state index contributed by atoms with van der Waals surface area (Å²) in [5.74, 6) is 2.00. The van der Waals surface area contributed by atoms with Crippen molar-refractivity contribution in [1.82, 2.24) is 14.7 Å². The molecule has 1 fully saturated rings. The Labute approximate surface area is 152 Å². The minimum absolute atomic E-state index is 0.183. The summed E-state index contributed by atoms with van der Waals surface area (Å²) in [4.78, 5) is 11.0. The first-order chi connectivity index (χ1) is 12.0. The first kappa shape index (κ1) is 18.1. The number of aryl methyl sites for hydroxylation is 1. The van der Waals surface area contributed by atoms with Crippen LogP contribution in [0.2, 0.25) is 0 Å². The maximum atomic E-state index is 12.0. The Morgan fingerprint density at radius 3 is 2.80 bits per heavy atom. The number of thiophene rings is 1. The van der Waals surface area contributed by atoms with Crippen molar-refractivity contribution in [3.63, 3.8) is 0 Å². The number of nitrogens with zero attached hydrogens (tertiary/aromatic N) is 3. The molecule has 25 heavy (non-hydrogen) atoms. The zero-order valence-corrected chi connectivity index (χ0v) is 15.8. The van der Waals surface area contributed by atoms with Crippen molar-refractivity contribution in [1.29, 1.82) is 0 Å². The average Bonchev–Trinajstić information content (AvgIpc) is 3.15. The van der Waals surface area contributed by atoms with Crippen LogP contribution in [-0.2, 0) is 10.0 Å². The lowest BCUT2D eigenvalue weighted by Gasteiger charge is -2.28. The fourth-order valence-corrected chi connectivity index (χ4v) is 4.75. The van der Waals surface area contributed by atoms with Gasteiger partial charge in [0.05, 0.1) is 0 Å². The highest BCUT2D eigenvalue weighted by Gasteiger charge is 2.16. The highest BCUT2D eigenvalue weighted by molar-refractivity contribution is 7.91. The molecule has 0 bridgehead atoms. The number of hydrogen-bond donors (Lipinski definition) is 1. The van der Waals surface area contributed by atoms with Gasteiger partial charge in [0.2, 0.25) is 15.9 Å². The smallest absolute Gasteiger partial charge is 0.250 e. The van der Waals surface area contributed by atoms with Gasteiger partial charge in [-0.05, 0) is 37.6 Å². The van der Waals surface area contributed by atoms with Gasteiger partial charge < -0.3 is 9.64 Å². The van der Waals surface area contributed by atoms with E-state index in [0.717, 1.165) is 18.9 Å². The van der Waals surface area contributed by atoms with E-state index in [2.05, 4.69) is 19.6 Å². The summed E-state index contributed by atoms with van der Waals surface area (Å²) in [5, 5.41) is 1.73. The van der Waals surface area contributed by atoms with Crippen molar-refractivity contribution in [3.05, 3.63) is 29.4 Å². The molecular formula is C16H22N4O3S2. The van der Waals surface area contributed by atoms with Crippen LogP contribution in [0, 0.1) is 6.92 Å². The summed E-state index contributed by atoms with van der Waals surface area (Å²) in [7, 11) is -3.46. The van der Waals surface area contributed by atoms with Crippen LogP contribution in [0.5, 0.6) is 5.88 Å². The number of aromatic nitrogens is 2. The number of hydrogen-bond acceptors (Lipinski definition) is 7. The van der Waals surface area contributed by atoms with E-state index in [1.54, 1.807) is 17.5 Å². The molecule has 1 aliphatic heterocycles. The Morgan fingerprint density at radius 2 is 2.08 bits per heavy atom. The van der Waals surface area contributed by atoms with Gasteiger partial charge in [0.25, 0.3) is 0 Å². The van der Waals surface area contributed by atoms with Crippen LogP contribution in [0.4, 0.5) is 5.82 Å². The maximum Gasteiger partial charge on any atom is 0.250 e. The zero-order valence-electron chi connectivity index (χ0n) is 14.1. The third-order valence-corrected chi connectivity index (χ3v) is 6.74. The molecule has 0 spiro atoms. The Hall–Kier alpha value is -1.71. The Morgan fingerprint density at radius 1 is 1.28 bits per heavy atom. The molecule has 0 radical (unpaired) electrons. The number of anilines is 1. The Kier molecular flexibility index (Phi) is 5.87. The van der Waals surface area contributed by atoms with Crippen LogP contribution in [0.1, 0.15) is 25.1 Å². The molecule has 0 aromatic carbocycles. The molecule has 2 aromatic heterocycles. The van der Waals surface area contributed by atoms with Gasteiger partial charge in [0.1, 0.15) is 22.5 Å². The number of ether oxygens (including phenoxy) is 1. The van der Waals surface area contributed by atoms with Crippen molar-refractivity contribution in [2.75, 3.05) is 31.1 Å². The van der Waals surface area contributed by atoms with Crippen LogP contribution in [0.15, 0.2) is 27.8 Å². The highest BCUT2D eigenvalue weighted by atomic mass is 32.2. The fraction of sp³-hybridized carbons (Fsp3) is 0.500. The molecule has 2 aromatic rings. The summed E-state index contributed by atoms with van der Waals surface area (Å²) < 4.78 is 32.5. The van der Waals surface area contributed by atoms with Gasteiger partial charge in [-0.2, -0.15) is 4.98 Å². The standard InChI is InChI=1S/C16H22N4O3S2/c1-13-18-14(20-8-3-2-4-9-20)12-15(19-13)23-10-7-17-25(21,22)16-6-5-11-24-16/h5-6,11-12,17H,2-4,7-10H2,1H3. The van der Waals surface area contributed by atoms with E-state index in [1.165, 1.54) is 30.6 Å². The molecule has 1 N–H and O–H groups in total. The first-order valence-electron chi connectivity index (χ1n) is 8.31. The van der Waals surface area contributed by atoms with Gasteiger partial charge in [-0.3, -0.25) is 0 Å². The van der Waals surface area contributed by atoms with Gasteiger partial charge in [-0.1, -0.05) is 6.07 Å². The predicted octanol–water partition coefficient (Wildman–Crippen LogP) is 2.19. The molecule has 0 amide bonds. The second-order valence-corrected chi connectivity index (χ2v) is 8.78. The van der Waals surface area contributed by atoms with Crippen LogP contribution < -0.4 is 14.4 Å². The minimum Gasteiger partial charge on any atom is -0.476 e. The number of sulfonamides is 1. The van der Waals surface area contributed by atoms with E-state index >= 15 is 0 Å². The number of piperidine rings is 1. The molecule has 0 saturated carbocycles. The largest absolute Gasteiger partial charge is 0.476 e. The highest BCUT2D eigenvalue weighted by Crippen LogP contribution is 2.21. The Bertz CT molecular complexity index is 788. The summed E-state index contributed by atoms with van der Waals surface area (Å²) >= 11 is 1.19. The topological polar surface area (TPSA) is 84.4 Å². The monoisotopic (exact) mass is 382 g/mol. The van der Waals surface area contributed by atoms with Crippen molar-refractivity contribution in [3.8, 4) is 5.88 Å². The lowest BCUT2D eigenvalue weighted by Crippen LogP contribution is -2.30.